The molecule has 1 aliphatic rings. The van der Waals surface area contributed by atoms with Crippen LogP contribution in [0.1, 0.15) is 10.4 Å². The molecule has 5 heteroatoms. The molecular formula is C18H10NO3S. The number of thiophene rings is 1. The lowest BCUT2D eigenvalue weighted by Gasteiger charge is -2.09. The van der Waals surface area contributed by atoms with Gasteiger partial charge in [0.2, 0.25) is 0 Å². The number of hydrogen-bond donors (Lipinski definition) is 1. The second-order valence-corrected chi connectivity index (χ2v) is 6.16. The van der Waals surface area contributed by atoms with Gasteiger partial charge in [-0.05, 0) is 45.1 Å². The topological polar surface area (TPSA) is 68.5 Å². The summed E-state index contributed by atoms with van der Waals surface area (Å²) in [7, 11) is 0. The highest BCUT2D eigenvalue weighted by Gasteiger charge is 2.14. The average molecular weight is 320 g/mol. The molecule has 0 unspecified atom stereocenters. The van der Waals surface area contributed by atoms with Gasteiger partial charge in [0, 0.05) is 22.4 Å². The fraction of sp³-hybridized carbons (Fsp3) is 0. The third kappa shape index (κ3) is 2.22. The lowest BCUT2D eigenvalue weighted by Crippen LogP contribution is -2.34. The van der Waals surface area contributed by atoms with Crippen LogP contribution in [0, 0.1) is 0 Å². The van der Waals surface area contributed by atoms with E-state index < -0.39 is 5.97 Å². The Hall–Kier alpha value is -2.92. The first-order valence-electron chi connectivity index (χ1n) is 6.94. The van der Waals surface area contributed by atoms with E-state index in [2.05, 4.69) is 5.32 Å². The van der Waals surface area contributed by atoms with E-state index in [1.807, 2.05) is 35.7 Å². The maximum Gasteiger partial charge on any atom is 0.336 e. The van der Waals surface area contributed by atoms with Crippen molar-refractivity contribution in [3.05, 3.63) is 57.8 Å². The Bertz CT molecular complexity index is 1080. The minimum Gasteiger partial charge on any atom is -0.478 e. The van der Waals surface area contributed by atoms with Gasteiger partial charge in [0.25, 0.3) is 5.91 Å². The molecular weight excluding hydrogens is 310 g/mol. The molecule has 1 radical (unpaired) electrons. The van der Waals surface area contributed by atoms with Gasteiger partial charge in [0.15, 0.2) is 0 Å². The highest BCUT2D eigenvalue weighted by molar-refractivity contribution is 7.13. The average Bonchev–Trinajstić information content (AvgIpc) is 3.07. The Balaban J connectivity index is 2.14. The van der Waals surface area contributed by atoms with Crippen molar-refractivity contribution in [1.29, 1.82) is 0 Å². The first-order valence-corrected chi connectivity index (χ1v) is 7.82. The predicted octanol–water partition coefficient (Wildman–Crippen LogP) is 1.93. The molecule has 1 aliphatic heterocycles. The summed E-state index contributed by atoms with van der Waals surface area (Å²) >= 11 is 1.62. The number of carboxylic acids is 1. The van der Waals surface area contributed by atoms with E-state index >= 15 is 0 Å². The van der Waals surface area contributed by atoms with Crippen molar-refractivity contribution in [3.63, 3.8) is 0 Å². The van der Waals surface area contributed by atoms with Gasteiger partial charge in [-0.3, -0.25) is 4.79 Å². The Kier molecular flexibility index (Phi) is 3.02. The number of carboxylic acid groups (broad SMARTS) is 1. The maximum atomic E-state index is 11.6. The number of rotatable bonds is 2. The molecule has 0 atom stereocenters. The molecule has 0 saturated carbocycles. The van der Waals surface area contributed by atoms with Gasteiger partial charge in [0.1, 0.15) is 0 Å². The predicted molar refractivity (Wildman–Crippen MR) is 89.5 cm³/mol. The van der Waals surface area contributed by atoms with Crippen molar-refractivity contribution in [2.45, 2.75) is 0 Å². The Morgan fingerprint density at radius 1 is 1.13 bits per heavy atom. The van der Waals surface area contributed by atoms with Gasteiger partial charge in [-0.2, -0.15) is 0 Å². The van der Waals surface area contributed by atoms with E-state index in [0.717, 1.165) is 21.0 Å². The normalized spacial score (nSPS) is 13.0. The van der Waals surface area contributed by atoms with Gasteiger partial charge in [-0.25, -0.2) is 10.1 Å². The molecule has 3 aromatic rings. The van der Waals surface area contributed by atoms with Crippen LogP contribution in [0.3, 0.4) is 0 Å². The summed E-state index contributed by atoms with van der Waals surface area (Å²) in [5.74, 6) is -1.38. The SMILES string of the molecule is O=C1C=c2cc(C(=O)O)c3ccc(-c4cccs4)cc3c2=C[N]1. The minimum atomic E-state index is -1.01. The number of carbonyl (C=O) groups excluding carboxylic acids is 1. The van der Waals surface area contributed by atoms with E-state index in [1.165, 1.54) is 18.3 Å². The highest BCUT2D eigenvalue weighted by Crippen LogP contribution is 2.27. The number of fused-ring (bicyclic) bond motifs is 3. The zero-order valence-electron chi connectivity index (χ0n) is 11.8. The molecule has 0 fully saturated rings. The van der Waals surface area contributed by atoms with Crippen molar-refractivity contribution < 1.29 is 14.7 Å². The van der Waals surface area contributed by atoms with E-state index in [9.17, 15) is 14.7 Å². The highest BCUT2D eigenvalue weighted by atomic mass is 32.1. The summed E-state index contributed by atoms with van der Waals surface area (Å²) in [5.41, 5.74) is 1.21. The maximum absolute atomic E-state index is 11.6. The fourth-order valence-electron chi connectivity index (χ4n) is 2.80. The zero-order valence-corrected chi connectivity index (χ0v) is 12.6. The number of hydrogen-bond acceptors (Lipinski definition) is 3. The van der Waals surface area contributed by atoms with Crippen LogP contribution >= 0.6 is 11.3 Å². The van der Waals surface area contributed by atoms with Gasteiger partial charge >= 0.3 is 5.97 Å². The van der Waals surface area contributed by atoms with Crippen LogP contribution in [-0.2, 0) is 4.79 Å². The van der Waals surface area contributed by atoms with Gasteiger partial charge < -0.3 is 5.11 Å². The van der Waals surface area contributed by atoms with Crippen LogP contribution in [0.5, 0.6) is 0 Å². The van der Waals surface area contributed by atoms with Crippen molar-refractivity contribution >= 4 is 46.3 Å². The van der Waals surface area contributed by atoms with E-state index in [0.29, 0.717) is 10.6 Å². The Labute approximate surface area is 135 Å². The summed E-state index contributed by atoms with van der Waals surface area (Å²) in [4.78, 5) is 24.2. The molecule has 4 rings (SSSR count). The molecule has 4 nitrogen and oxygen atoms in total. The third-order valence-corrected chi connectivity index (χ3v) is 4.77. The summed E-state index contributed by atoms with van der Waals surface area (Å²) in [6, 6.07) is 11.2. The Morgan fingerprint density at radius 3 is 2.74 bits per heavy atom. The van der Waals surface area contributed by atoms with Gasteiger partial charge in [-0.1, -0.05) is 18.2 Å². The number of carbonyl (C=O) groups is 2. The van der Waals surface area contributed by atoms with Crippen LogP contribution in [0.15, 0.2) is 41.8 Å². The largest absolute Gasteiger partial charge is 0.478 e. The number of nitrogens with zero attached hydrogens (tertiary/aromatic N) is 1. The molecule has 2 aromatic carbocycles. The summed E-state index contributed by atoms with van der Waals surface area (Å²) < 4.78 is 0. The van der Waals surface area contributed by atoms with Crippen LogP contribution < -0.4 is 15.8 Å². The van der Waals surface area contributed by atoms with Gasteiger partial charge in [-0.15, -0.1) is 11.3 Å². The smallest absolute Gasteiger partial charge is 0.336 e. The summed E-state index contributed by atoms with van der Waals surface area (Å²) in [6.45, 7) is 0. The molecule has 1 N–H and O–H groups in total. The van der Waals surface area contributed by atoms with Crippen molar-refractivity contribution in [3.8, 4) is 10.4 Å². The number of aromatic carboxylic acids is 1. The monoisotopic (exact) mass is 320 g/mol. The molecule has 111 valence electrons. The molecule has 0 spiro atoms. The van der Waals surface area contributed by atoms with Crippen LogP contribution in [-0.4, -0.2) is 17.0 Å². The summed E-state index contributed by atoms with van der Waals surface area (Å²) in [5, 5.41) is 18.1. The molecule has 0 saturated heterocycles. The lowest BCUT2D eigenvalue weighted by atomic mass is 9.97. The van der Waals surface area contributed by atoms with Crippen molar-refractivity contribution in [2.24, 2.45) is 0 Å². The second kappa shape index (κ2) is 5.07. The van der Waals surface area contributed by atoms with Crippen LogP contribution in [0.2, 0.25) is 0 Å². The van der Waals surface area contributed by atoms with Crippen molar-refractivity contribution in [1.82, 2.24) is 5.32 Å². The quantitative estimate of drug-likeness (QED) is 0.784. The fourth-order valence-corrected chi connectivity index (χ4v) is 3.53. The first-order chi connectivity index (χ1) is 11.1. The molecule has 1 amide bonds. The summed E-state index contributed by atoms with van der Waals surface area (Å²) in [6.07, 6.45) is 2.89. The van der Waals surface area contributed by atoms with Crippen molar-refractivity contribution in [2.75, 3.05) is 0 Å². The molecule has 2 heterocycles. The first kappa shape index (κ1) is 13.7. The van der Waals surface area contributed by atoms with E-state index in [1.54, 1.807) is 11.3 Å². The minimum absolute atomic E-state index is 0.191. The van der Waals surface area contributed by atoms with Crippen LogP contribution in [0.25, 0.3) is 33.5 Å². The second-order valence-electron chi connectivity index (χ2n) is 5.21. The zero-order chi connectivity index (χ0) is 16.0. The Morgan fingerprint density at radius 2 is 2.00 bits per heavy atom. The third-order valence-electron chi connectivity index (χ3n) is 3.85. The van der Waals surface area contributed by atoms with Crippen LogP contribution in [0.4, 0.5) is 0 Å². The molecule has 0 bridgehead atoms. The van der Waals surface area contributed by atoms with Gasteiger partial charge in [0.05, 0.1) is 5.56 Å². The molecule has 23 heavy (non-hydrogen) atoms. The number of benzene rings is 2. The standard InChI is InChI=1S/C18H10NO3S/c20-17-8-11-7-14(18(21)22)12-4-3-10(16-2-1-5-23-16)6-13(12)15(11)9-19-17/h1-9H,(H,21,22). The van der Waals surface area contributed by atoms with E-state index in [-0.39, 0.29) is 11.5 Å². The lowest BCUT2D eigenvalue weighted by molar-refractivity contribution is -0.114. The number of amides is 1. The van der Waals surface area contributed by atoms with E-state index in [4.69, 9.17) is 0 Å². The molecule has 1 aromatic heterocycles. The molecule has 0 aliphatic carbocycles.